The van der Waals surface area contributed by atoms with Crippen molar-refractivity contribution in [3.05, 3.63) is 34.9 Å². The molecule has 4 heteroatoms. The summed E-state index contributed by atoms with van der Waals surface area (Å²) >= 11 is 6.14. The molecule has 1 aliphatic carbocycles. The molecule has 1 amide bonds. The summed E-state index contributed by atoms with van der Waals surface area (Å²) in [5.41, 5.74) is 0.838. The molecule has 114 valence electrons. The van der Waals surface area contributed by atoms with E-state index in [1.54, 1.807) is 0 Å². The molecule has 0 radical (unpaired) electrons. The molecule has 2 fully saturated rings. The summed E-state index contributed by atoms with van der Waals surface area (Å²) in [6.45, 7) is 1.51. The topological polar surface area (TPSA) is 40.5 Å². The molecule has 2 aliphatic rings. The molecule has 1 aliphatic heterocycles. The van der Waals surface area contributed by atoms with Crippen LogP contribution in [0.25, 0.3) is 0 Å². The second kappa shape index (κ2) is 5.98. The fraction of sp³-hybridized carbons (Fsp3) is 0.588. The van der Waals surface area contributed by atoms with Gasteiger partial charge in [-0.25, -0.2) is 0 Å². The normalized spacial score (nSPS) is 29.0. The Bertz CT molecular complexity index is 533. The average molecular weight is 308 g/mol. The summed E-state index contributed by atoms with van der Waals surface area (Å²) < 4.78 is 0. The van der Waals surface area contributed by atoms with Crippen LogP contribution in [0.4, 0.5) is 0 Å². The Morgan fingerprint density at radius 3 is 2.81 bits per heavy atom. The molecular formula is C17H22ClNO2. The molecule has 2 atom stereocenters. The molecule has 1 aromatic carbocycles. The summed E-state index contributed by atoms with van der Waals surface area (Å²) in [5, 5.41) is 10.9. The largest absolute Gasteiger partial charge is 0.392 e. The van der Waals surface area contributed by atoms with Gasteiger partial charge in [-0.3, -0.25) is 4.79 Å². The number of piperidine rings is 1. The molecule has 0 aromatic heterocycles. The van der Waals surface area contributed by atoms with Gasteiger partial charge in [-0.15, -0.1) is 0 Å². The number of carbonyl (C=O) groups is 1. The first-order chi connectivity index (χ1) is 10.1. The quantitative estimate of drug-likeness (QED) is 0.912. The van der Waals surface area contributed by atoms with Crippen molar-refractivity contribution in [1.29, 1.82) is 0 Å². The van der Waals surface area contributed by atoms with Gasteiger partial charge in [0.05, 0.1) is 12.5 Å². The predicted octanol–water partition coefficient (Wildman–Crippen LogP) is 3.04. The number of nitrogens with zero attached hydrogens (tertiary/aromatic N) is 1. The Morgan fingerprint density at radius 2 is 2.10 bits per heavy atom. The lowest BCUT2D eigenvalue weighted by Crippen LogP contribution is -2.49. The number of amides is 1. The Balaban J connectivity index is 1.69. The third kappa shape index (κ3) is 2.95. The van der Waals surface area contributed by atoms with Crippen molar-refractivity contribution in [1.82, 2.24) is 4.90 Å². The Kier molecular flexibility index (Phi) is 4.23. The van der Waals surface area contributed by atoms with Crippen molar-refractivity contribution in [3.8, 4) is 0 Å². The van der Waals surface area contributed by atoms with Crippen molar-refractivity contribution < 1.29 is 9.90 Å². The van der Waals surface area contributed by atoms with E-state index in [1.807, 2.05) is 29.2 Å². The maximum absolute atomic E-state index is 12.6. The lowest BCUT2D eigenvalue weighted by Gasteiger charge is -2.42. The highest BCUT2D eigenvalue weighted by atomic mass is 35.5. The van der Waals surface area contributed by atoms with E-state index in [0.29, 0.717) is 18.0 Å². The zero-order valence-corrected chi connectivity index (χ0v) is 13.0. The standard InChI is InChI=1S/C17H22ClNO2/c18-14-6-2-1-5-13(14)11-16(21)19-10-4-9-17(12-19)8-3-7-15(17)20/h1-2,5-6,15,20H,3-4,7-12H2/t15-,17-/m1/s1. The van der Waals surface area contributed by atoms with Gasteiger partial charge in [-0.05, 0) is 37.3 Å². The number of likely N-dealkylation sites (tertiary alicyclic amines) is 1. The molecule has 0 bridgehead atoms. The van der Waals surface area contributed by atoms with Gasteiger partial charge in [0.1, 0.15) is 0 Å². The fourth-order valence-corrected chi connectivity index (χ4v) is 4.09. The summed E-state index contributed by atoms with van der Waals surface area (Å²) in [6, 6.07) is 7.51. The first kappa shape index (κ1) is 14.9. The van der Waals surface area contributed by atoms with Crippen LogP contribution >= 0.6 is 11.6 Å². The van der Waals surface area contributed by atoms with Crippen LogP contribution in [0.3, 0.4) is 0 Å². The summed E-state index contributed by atoms with van der Waals surface area (Å²) in [6.07, 6.45) is 5.15. The van der Waals surface area contributed by atoms with E-state index in [1.165, 1.54) is 0 Å². The lowest BCUT2D eigenvalue weighted by molar-refractivity contribution is -0.135. The molecule has 0 unspecified atom stereocenters. The number of aliphatic hydroxyl groups is 1. The maximum Gasteiger partial charge on any atom is 0.227 e. The monoisotopic (exact) mass is 307 g/mol. The van der Waals surface area contributed by atoms with E-state index in [-0.39, 0.29) is 17.4 Å². The van der Waals surface area contributed by atoms with Crippen molar-refractivity contribution in [2.75, 3.05) is 13.1 Å². The van der Waals surface area contributed by atoms with Crippen LogP contribution < -0.4 is 0 Å². The molecule has 1 aromatic rings. The number of halogens is 1. The zero-order chi connectivity index (χ0) is 14.9. The van der Waals surface area contributed by atoms with Gasteiger partial charge in [0.15, 0.2) is 0 Å². The van der Waals surface area contributed by atoms with E-state index in [0.717, 1.165) is 44.2 Å². The van der Waals surface area contributed by atoms with Gasteiger partial charge in [0.25, 0.3) is 0 Å². The van der Waals surface area contributed by atoms with Crippen LogP contribution in [-0.2, 0) is 11.2 Å². The van der Waals surface area contributed by atoms with Gasteiger partial charge in [0, 0.05) is 23.5 Å². The molecule has 1 heterocycles. The lowest BCUT2D eigenvalue weighted by atomic mass is 9.76. The molecular weight excluding hydrogens is 286 g/mol. The Morgan fingerprint density at radius 1 is 1.33 bits per heavy atom. The highest BCUT2D eigenvalue weighted by molar-refractivity contribution is 6.31. The van der Waals surface area contributed by atoms with Crippen LogP contribution in [0.2, 0.25) is 5.02 Å². The van der Waals surface area contributed by atoms with Crippen molar-refractivity contribution in [2.24, 2.45) is 5.41 Å². The number of carbonyl (C=O) groups excluding carboxylic acids is 1. The molecule has 3 nitrogen and oxygen atoms in total. The van der Waals surface area contributed by atoms with Gasteiger partial charge in [0.2, 0.25) is 5.91 Å². The summed E-state index contributed by atoms with van der Waals surface area (Å²) in [4.78, 5) is 14.5. The number of rotatable bonds is 2. The minimum atomic E-state index is -0.242. The highest BCUT2D eigenvalue weighted by Gasteiger charge is 2.45. The third-order valence-electron chi connectivity index (χ3n) is 5.12. The zero-order valence-electron chi connectivity index (χ0n) is 12.2. The van der Waals surface area contributed by atoms with E-state index in [4.69, 9.17) is 11.6 Å². The van der Waals surface area contributed by atoms with E-state index in [2.05, 4.69) is 0 Å². The van der Waals surface area contributed by atoms with Crippen molar-refractivity contribution in [3.63, 3.8) is 0 Å². The molecule has 3 rings (SSSR count). The number of hydrogen-bond donors (Lipinski definition) is 1. The van der Waals surface area contributed by atoms with Crippen molar-refractivity contribution in [2.45, 2.75) is 44.6 Å². The van der Waals surface area contributed by atoms with E-state index >= 15 is 0 Å². The first-order valence-electron chi connectivity index (χ1n) is 7.80. The molecule has 1 spiro atoms. The van der Waals surface area contributed by atoms with Crippen LogP contribution in [0.5, 0.6) is 0 Å². The summed E-state index contributed by atoms with van der Waals surface area (Å²) in [5.74, 6) is 0.126. The molecule has 21 heavy (non-hydrogen) atoms. The van der Waals surface area contributed by atoms with Gasteiger partial charge in [-0.2, -0.15) is 0 Å². The number of benzene rings is 1. The first-order valence-corrected chi connectivity index (χ1v) is 8.18. The van der Waals surface area contributed by atoms with E-state index < -0.39 is 0 Å². The minimum Gasteiger partial charge on any atom is -0.392 e. The second-order valence-corrected chi connectivity index (χ2v) is 6.86. The minimum absolute atomic E-state index is 0.0472. The maximum atomic E-state index is 12.6. The highest BCUT2D eigenvalue weighted by Crippen LogP contribution is 2.45. The van der Waals surface area contributed by atoms with E-state index in [9.17, 15) is 9.90 Å². The van der Waals surface area contributed by atoms with Gasteiger partial charge < -0.3 is 10.0 Å². The third-order valence-corrected chi connectivity index (χ3v) is 5.49. The fourth-order valence-electron chi connectivity index (χ4n) is 3.89. The van der Waals surface area contributed by atoms with Crippen LogP contribution in [0, 0.1) is 5.41 Å². The number of hydrogen-bond acceptors (Lipinski definition) is 2. The SMILES string of the molecule is O=C(Cc1ccccc1Cl)N1CCC[C@]2(CCC[C@H]2O)C1. The number of aliphatic hydroxyl groups excluding tert-OH is 1. The van der Waals surface area contributed by atoms with Gasteiger partial charge in [-0.1, -0.05) is 36.2 Å². The predicted molar refractivity (Wildman–Crippen MR) is 83.3 cm³/mol. The van der Waals surface area contributed by atoms with Crippen molar-refractivity contribution >= 4 is 17.5 Å². The Hall–Kier alpha value is -1.06. The second-order valence-electron chi connectivity index (χ2n) is 6.46. The van der Waals surface area contributed by atoms with Gasteiger partial charge >= 0.3 is 0 Å². The molecule has 1 saturated carbocycles. The van der Waals surface area contributed by atoms with Crippen LogP contribution in [0.15, 0.2) is 24.3 Å². The molecule has 1 saturated heterocycles. The molecule has 1 N–H and O–H groups in total. The smallest absolute Gasteiger partial charge is 0.227 e. The Labute approximate surface area is 130 Å². The average Bonchev–Trinajstić information content (AvgIpc) is 2.82. The van der Waals surface area contributed by atoms with Crippen LogP contribution in [0.1, 0.15) is 37.7 Å². The summed E-state index contributed by atoms with van der Waals surface area (Å²) in [7, 11) is 0. The van der Waals surface area contributed by atoms with Crippen LogP contribution in [-0.4, -0.2) is 35.1 Å².